The molecule has 0 aliphatic heterocycles. The van der Waals surface area contributed by atoms with Gasteiger partial charge in [-0.25, -0.2) is 4.39 Å². The van der Waals surface area contributed by atoms with Crippen molar-refractivity contribution in [2.75, 3.05) is 6.61 Å². The van der Waals surface area contributed by atoms with Gasteiger partial charge in [-0.05, 0) is 25.0 Å². The van der Waals surface area contributed by atoms with Crippen LogP contribution in [0, 0.1) is 11.6 Å². The molecule has 0 spiro atoms. The van der Waals surface area contributed by atoms with Gasteiger partial charge >= 0.3 is 0 Å². The largest absolute Gasteiger partial charge is 0.490 e. The summed E-state index contributed by atoms with van der Waals surface area (Å²) in [7, 11) is 0. The first kappa shape index (κ1) is 26.7. The predicted molar refractivity (Wildman–Crippen MR) is 130 cm³/mol. The maximum Gasteiger partial charge on any atom is 0.201 e. The Balaban J connectivity index is 1.76. The molecule has 1 aromatic carbocycles. The van der Waals surface area contributed by atoms with Crippen molar-refractivity contribution in [1.82, 2.24) is 10.2 Å². The number of unbranched alkanes of at least 4 members (excludes halogenated alkanes) is 12. The number of benzene rings is 1. The van der Waals surface area contributed by atoms with Crippen LogP contribution in [0.5, 0.6) is 5.75 Å². The molecule has 0 atom stereocenters. The van der Waals surface area contributed by atoms with Crippen LogP contribution in [0.15, 0.2) is 12.1 Å². The SMILES string of the molecule is CCCCCCCCCOc1ccc(-c2nnc(CCCCCCCCC)s2)c(F)c1F. The van der Waals surface area contributed by atoms with Gasteiger partial charge in [0.15, 0.2) is 16.6 Å². The highest BCUT2D eigenvalue weighted by molar-refractivity contribution is 7.14. The molecule has 0 radical (unpaired) electrons. The number of hydrogen-bond acceptors (Lipinski definition) is 4. The summed E-state index contributed by atoms with van der Waals surface area (Å²) in [6, 6.07) is 3.06. The van der Waals surface area contributed by atoms with E-state index in [0.29, 0.717) is 11.6 Å². The van der Waals surface area contributed by atoms with E-state index in [0.717, 1.165) is 37.1 Å². The van der Waals surface area contributed by atoms with Crippen LogP contribution in [0.25, 0.3) is 10.6 Å². The molecule has 2 aromatic rings. The number of nitrogens with zero attached hydrogens (tertiary/aromatic N) is 2. The average molecular weight is 467 g/mol. The highest BCUT2D eigenvalue weighted by atomic mass is 32.1. The van der Waals surface area contributed by atoms with Crippen LogP contribution in [0.3, 0.4) is 0 Å². The van der Waals surface area contributed by atoms with Crippen LogP contribution >= 0.6 is 11.3 Å². The molecule has 0 unspecified atom stereocenters. The van der Waals surface area contributed by atoms with E-state index in [1.807, 2.05) is 0 Å². The second-order valence-electron chi connectivity index (χ2n) is 8.58. The average Bonchev–Trinajstić information content (AvgIpc) is 3.26. The molecule has 6 heteroatoms. The first-order valence-electron chi connectivity index (χ1n) is 12.6. The molecule has 1 heterocycles. The van der Waals surface area contributed by atoms with E-state index in [1.54, 1.807) is 6.07 Å². The Morgan fingerprint density at radius 1 is 0.719 bits per heavy atom. The van der Waals surface area contributed by atoms with Gasteiger partial charge in [0, 0.05) is 6.42 Å². The van der Waals surface area contributed by atoms with E-state index in [9.17, 15) is 8.78 Å². The molecule has 0 amide bonds. The van der Waals surface area contributed by atoms with Gasteiger partial charge in [-0.15, -0.1) is 10.2 Å². The van der Waals surface area contributed by atoms with E-state index >= 15 is 0 Å². The number of ether oxygens (including phenoxy) is 1. The Morgan fingerprint density at radius 3 is 1.97 bits per heavy atom. The number of rotatable bonds is 18. The van der Waals surface area contributed by atoms with Crippen molar-refractivity contribution in [3.8, 4) is 16.3 Å². The zero-order chi connectivity index (χ0) is 23.0. The van der Waals surface area contributed by atoms with E-state index in [2.05, 4.69) is 24.0 Å². The first-order valence-corrected chi connectivity index (χ1v) is 13.4. The fourth-order valence-corrected chi connectivity index (χ4v) is 4.65. The van der Waals surface area contributed by atoms with Gasteiger partial charge < -0.3 is 4.74 Å². The van der Waals surface area contributed by atoms with Gasteiger partial charge in [-0.2, -0.15) is 4.39 Å². The molecule has 0 bridgehead atoms. The van der Waals surface area contributed by atoms with Crippen molar-refractivity contribution < 1.29 is 13.5 Å². The van der Waals surface area contributed by atoms with Crippen molar-refractivity contribution in [2.24, 2.45) is 0 Å². The van der Waals surface area contributed by atoms with Gasteiger partial charge in [0.05, 0.1) is 12.2 Å². The zero-order valence-corrected chi connectivity index (χ0v) is 20.8. The molecular weight excluding hydrogens is 426 g/mol. The summed E-state index contributed by atoms with van der Waals surface area (Å²) in [5, 5.41) is 9.58. The summed E-state index contributed by atoms with van der Waals surface area (Å²) in [5.74, 6) is -1.86. The Kier molecular flexibility index (Phi) is 13.4. The summed E-state index contributed by atoms with van der Waals surface area (Å²) >= 11 is 1.35. The van der Waals surface area contributed by atoms with Crippen LogP contribution in [0.2, 0.25) is 0 Å². The van der Waals surface area contributed by atoms with Crippen LogP contribution in [0.1, 0.15) is 109 Å². The summed E-state index contributed by atoms with van der Waals surface area (Å²) in [4.78, 5) is 0. The van der Waals surface area contributed by atoms with Crippen LogP contribution in [-0.4, -0.2) is 16.8 Å². The number of hydrogen-bond donors (Lipinski definition) is 0. The second-order valence-corrected chi connectivity index (χ2v) is 9.64. The monoisotopic (exact) mass is 466 g/mol. The Morgan fingerprint density at radius 2 is 1.31 bits per heavy atom. The van der Waals surface area contributed by atoms with Crippen molar-refractivity contribution >= 4 is 11.3 Å². The van der Waals surface area contributed by atoms with Crippen molar-refractivity contribution in [3.63, 3.8) is 0 Å². The third-order valence-electron chi connectivity index (χ3n) is 5.74. The van der Waals surface area contributed by atoms with Crippen LogP contribution < -0.4 is 4.74 Å². The lowest BCUT2D eigenvalue weighted by Crippen LogP contribution is -2.01. The molecule has 0 N–H and O–H groups in total. The summed E-state index contributed by atoms with van der Waals surface area (Å²) in [5.41, 5.74) is 0.161. The molecule has 2 rings (SSSR count). The van der Waals surface area contributed by atoms with Gasteiger partial charge in [0.25, 0.3) is 0 Å². The normalized spacial score (nSPS) is 11.2. The highest BCUT2D eigenvalue weighted by Gasteiger charge is 2.18. The fraction of sp³-hybridized carbons (Fsp3) is 0.692. The summed E-state index contributed by atoms with van der Waals surface area (Å²) in [6.45, 7) is 4.83. The van der Waals surface area contributed by atoms with Crippen molar-refractivity contribution in [1.29, 1.82) is 0 Å². The minimum absolute atomic E-state index is 0.0231. The van der Waals surface area contributed by atoms with Gasteiger partial charge in [-0.1, -0.05) is 102 Å². The van der Waals surface area contributed by atoms with Gasteiger partial charge in [0.2, 0.25) is 5.82 Å². The first-order chi connectivity index (χ1) is 15.7. The highest BCUT2D eigenvalue weighted by Crippen LogP contribution is 2.32. The molecule has 32 heavy (non-hydrogen) atoms. The summed E-state index contributed by atoms with van der Waals surface area (Å²) in [6.07, 6.45) is 17.6. The molecule has 0 aliphatic carbocycles. The maximum absolute atomic E-state index is 14.6. The Bertz CT molecular complexity index is 766. The minimum atomic E-state index is -0.936. The lowest BCUT2D eigenvalue weighted by atomic mass is 10.1. The standard InChI is InChI=1S/C26H40F2N2OS/c1-3-5-7-9-11-13-15-17-23-29-30-26(32-23)21-18-19-22(25(28)24(21)27)31-20-16-14-12-10-8-6-4-2/h18-19H,3-17,20H2,1-2H3. The predicted octanol–water partition coefficient (Wildman–Crippen LogP) is 8.91. The smallest absolute Gasteiger partial charge is 0.201 e. The van der Waals surface area contributed by atoms with Crippen molar-refractivity contribution in [2.45, 2.75) is 110 Å². The minimum Gasteiger partial charge on any atom is -0.490 e. The van der Waals surface area contributed by atoms with Crippen LogP contribution in [-0.2, 0) is 6.42 Å². The number of aromatic nitrogens is 2. The molecular formula is C26H40F2N2OS. The lowest BCUT2D eigenvalue weighted by Gasteiger charge is -2.09. The molecule has 0 saturated carbocycles. The fourth-order valence-electron chi connectivity index (χ4n) is 3.75. The van der Waals surface area contributed by atoms with E-state index in [1.165, 1.54) is 81.6 Å². The summed E-state index contributed by atoms with van der Waals surface area (Å²) < 4.78 is 34.6. The molecule has 0 aliphatic rings. The Hall–Kier alpha value is -1.56. The molecule has 0 saturated heterocycles. The Labute approximate surface area is 197 Å². The quantitative estimate of drug-likeness (QED) is 0.206. The third kappa shape index (κ3) is 9.51. The molecule has 3 nitrogen and oxygen atoms in total. The maximum atomic E-state index is 14.6. The van der Waals surface area contributed by atoms with Crippen LogP contribution in [0.4, 0.5) is 8.78 Å². The second kappa shape index (κ2) is 16.1. The topological polar surface area (TPSA) is 35.0 Å². The third-order valence-corrected chi connectivity index (χ3v) is 6.76. The molecule has 1 aromatic heterocycles. The van der Waals surface area contributed by atoms with E-state index in [-0.39, 0.29) is 11.3 Å². The van der Waals surface area contributed by atoms with E-state index in [4.69, 9.17) is 4.74 Å². The number of halogens is 2. The van der Waals surface area contributed by atoms with Gasteiger partial charge in [-0.3, -0.25) is 0 Å². The van der Waals surface area contributed by atoms with Gasteiger partial charge in [0.1, 0.15) is 5.01 Å². The lowest BCUT2D eigenvalue weighted by molar-refractivity contribution is 0.285. The zero-order valence-electron chi connectivity index (χ0n) is 19.9. The van der Waals surface area contributed by atoms with E-state index < -0.39 is 11.6 Å². The molecule has 180 valence electrons. The molecule has 0 fully saturated rings. The van der Waals surface area contributed by atoms with Crippen molar-refractivity contribution in [3.05, 3.63) is 28.8 Å². The number of aryl methyl sites for hydroxylation is 1.